The van der Waals surface area contributed by atoms with E-state index in [1.807, 2.05) is 36.4 Å². The van der Waals surface area contributed by atoms with Crippen molar-refractivity contribution in [3.8, 4) is 17.1 Å². The maximum atomic E-state index is 12.4. The van der Waals surface area contributed by atoms with Gasteiger partial charge in [0.25, 0.3) is 5.91 Å². The third kappa shape index (κ3) is 3.63. The lowest BCUT2D eigenvalue weighted by atomic mass is 9.98. The Kier molecular flexibility index (Phi) is 4.86. The van der Waals surface area contributed by atoms with Gasteiger partial charge in [0.05, 0.1) is 5.69 Å². The van der Waals surface area contributed by atoms with Crippen molar-refractivity contribution in [3.63, 3.8) is 0 Å². The number of carbonyl (C=O) groups is 1. The molecule has 0 N–H and O–H groups in total. The normalized spacial score (nSPS) is 17.0. The maximum Gasteiger partial charge on any atom is 0.265 e. The summed E-state index contributed by atoms with van der Waals surface area (Å²) in [6, 6.07) is 15.7. The Balaban J connectivity index is 1.31. The van der Waals surface area contributed by atoms with E-state index in [2.05, 4.69) is 34.1 Å². The summed E-state index contributed by atoms with van der Waals surface area (Å²) in [6.45, 7) is 4.74. The van der Waals surface area contributed by atoms with Crippen LogP contribution < -0.4 is 14.5 Å². The number of hydrogen-bond donors (Lipinski definition) is 0. The van der Waals surface area contributed by atoms with Gasteiger partial charge in [-0.25, -0.2) is 0 Å². The van der Waals surface area contributed by atoms with E-state index in [0.717, 1.165) is 24.6 Å². The zero-order valence-corrected chi connectivity index (χ0v) is 17.0. The molecule has 7 nitrogen and oxygen atoms in total. The van der Waals surface area contributed by atoms with E-state index in [1.165, 1.54) is 18.5 Å². The van der Waals surface area contributed by atoms with Gasteiger partial charge in [-0.1, -0.05) is 24.2 Å². The fourth-order valence-corrected chi connectivity index (χ4v) is 3.99. The highest BCUT2D eigenvalue weighted by atomic mass is 16.5. The number of nitrogens with zero attached hydrogens (tertiary/aromatic N) is 4. The molecule has 5 rings (SSSR count). The number of piperidine rings is 1. The van der Waals surface area contributed by atoms with Crippen molar-refractivity contribution < 1.29 is 14.1 Å². The van der Waals surface area contributed by atoms with Crippen LogP contribution >= 0.6 is 0 Å². The average Bonchev–Trinajstić information content (AvgIpc) is 3.25. The van der Waals surface area contributed by atoms with Crippen LogP contribution in [0.1, 0.15) is 25.7 Å². The van der Waals surface area contributed by atoms with E-state index in [4.69, 9.17) is 9.26 Å². The largest absolute Gasteiger partial charge is 0.482 e. The molecule has 2 aliphatic heterocycles. The van der Waals surface area contributed by atoms with Gasteiger partial charge in [-0.15, -0.1) is 0 Å². The Morgan fingerprint density at radius 3 is 2.63 bits per heavy atom. The van der Waals surface area contributed by atoms with Crippen LogP contribution in [0.25, 0.3) is 11.4 Å². The van der Waals surface area contributed by atoms with Gasteiger partial charge in [-0.2, -0.15) is 4.98 Å². The van der Waals surface area contributed by atoms with Crippen LogP contribution in [0.3, 0.4) is 0 Å². The number of hydrogen-bond acceptors (Lipinski definition) is 6. The monoisotopic (exact) mass is 404 g/mol. The first kappa shape index (κ1) is 18.7. The van der Waals surface area contributed by atoms with Crippen molar-refractivity contribution in [2.75, 3.05) is 29.5 Å². The van der Waals surface area contributed by atoms with Gasteiger partial charge in [0, 0.05) is 24.3 Å². The molecule has 1 aromatic heterocycles. The fraction of sp³-hybridized carbons (Fsp3) is 0.348. The molecule has 2 aliphatic rings. The fourth-order valence-electron chi connectivity index (χ4n) is 3.99. The lowest BCUT2D eigenvalue weighted by Gasteiger charge is -2.32. The third-order valence-electron chi connectivity index (χ3n) is 5.84. The number of benzene rings is 2. The van der Waals surface area contributed by atoms with Crippen molar-refractivity contribution in [3.05, 3.63) is 54.4 Å². The molecule has 0 unspecified atom stereocenters. The van der Waals surface area contributed by atoms with Crippen molar-refractivity contribution in [1.82, 2.24) is 10.1 Å². The van der Waals surface area contributed by atoms with E-state index in [0.29, 0.717) is 23.2 Å². The summed E-state index contributed by atoms with van der Waals surface area (Å²) in [5.41, 5.74) is 2.84. The highest BCUT2D eigenvalue weighted by Gasteiger charge is 2.27. The standard InChI is InChI=1S/C23H24N4O3/c1-16-10-12-26(13-11-16)18-8-6-17(7-9-18)23-24-21(30-25-23)14-27-19-4-2-3-5-20(19)29-15-22(27)28/h2-9,16H,10-15H2,1H3. The number of ether oxygens (including phenoxy) is 1. The molecular weight excluding hydrogens is 380 g/mol. The zero-order chi connectivity index (χ0) is 20.5. The summed E-state index contributed by atoms with van der Waals surface area (Å²) < 4.78 is 10.9. The van der Waals surface area contributed by atoms with E-state index >= 15 is 0 Å². The summed E-state index contributed by atoms with van der Waals surface area (Å²) in [5, 5.41) is 4.12. The molecule has 1 amide bonds. The molecule has 0 aliphatic carbocycles. The molecule has 3 heterocycles. The van der Waals surface area contributed by atoms with Crippen molar-refractivity contribution in [1.29, 1.82) is 0 Å². The summed E-state index contributed by atoms with van der Waals surface area (Å²) in [4.78, 5) is 20.9. The predicted molar refractivity (Wildman–Crippen MR) is 113 cm³/mol. The van der Waals surface area contributed by atoms with E-state index in [9.17, 15) is 4.79 Å². The second-order valence-electron chi connectivity index (χ2n) is 7.96. The van der Waals surface area contributed by atoms with Crippen LogP contribution in [-0.2, 0) is 11.3 Å². The maximum absolute atomic E-state index is 12.4. The Labute approximate surface area is 175 Å². The average molecular weight is 404 g/mol. The molecule has 2 aromatic carbocycles. The van der Waals surface area contributed by atoms with Crippen LogP contribution in [0, 0.1) is 5.92 Å². The van der Waals surface area contributed by atoms with Crippen molar-refractivity contribution >= 4 is 17.3 Å². The van der Waals surface area contributed by atoms with Gasteiger partial charge < -0.3 is 14.2 Å². The van der Waals surface area contributed by atoms with Gasteiger partial charge in [0.15, 0.2) is 6.61 Å². The Hall–Kier alpha value is -3.35. The van der Waals surface area contributed by atoms with Gasteiger partial charge in [-0.05, 0) is 55.2 Å². The van der Waals surface area contributed by atoms with Gasteiger partial charge in [0.2, 0.25) is 11.7 Å². The van der Waals surface area contributed by atoms with Gasteiger partial charge in [0.1, 0.15) is 12.3 Å². The van der Waals surface area contributed by atoms with Crippen molar-refractivity contribution in [2.45, 2.75) is 26.3 Å². The van der Waals surface area contributed by atoms with Crippen LogP contribution in [0.4, 0.5) is 11.4 Å². The quantitative estimate of drug-likeness (QED) is 0.657. The Bertz CT molecular complexity index is 1040. The minimum absolute atomic E-state index is 0.00868. The smallest absolute Gasteiger partial charge is 0.265 e. The number of aromatic nitrogens is 2. The topological polar surface area (TPSA) is 71.7 Å². The first-order valence-electron chi connectivity index (χ1n) is 10.4. The number of amides is 1. The number of fused-ring (bicyclic) bond motifs is 1. The summed E-state index contributed by atoms with van der Waals surface area (Å²) >= 11 is 0. The Morgan fingerprint density at radius 2 is 1.83 bits per heavy atom. The second-order valence-corrected chi connectivity index (χ2v) is 7.96. The van der Waals surface area contributed by atoms with E-state index in [1.54, 1.807) is 4.90 Å². The molecule has 0 atom stereocenters. The molecule has 1 fully saturated rings. The minimum atomic E-state index is -0.131. The number of carbonyl (C=O) groups excluding carboxylic acids is 1. The molecule has 30 heavy (non-hydrogen) atoms. The molecule has 0 radical (unpaired) electrons. The van der Waals surface area contributed by atoms with Crippen LogP contribution in [-0.4, -0.2) is 35.7 Å². The SMILES string of the molecule is CC1CCN(c2ccc(-c3noc(CN4C(=O)COc5ccccc54)n3)cc2)CC1. The number of para-hydroxylation sites is 2. The second kappa shape index (κ2) is 7.82. The van der Waals surface area contributed by atoms with Crippen LogP contribution in [0.15, 0.2) is 53.1 Å². The number of rotatable bonds is 4. The van der Waals surface area contributed by atoms with Crippen molar-refractivity contribution in [2.24, 2.45) is 5.92 Å². The molecule has 1 saturated heterocycles. The third-order valence-corrected chi connectivity index (χ3v) is 5.84. The first-order valence-corrected chi connectivity index (χ1v) is 10.4. The highest BCUT2D eigenvalue weighted by Crippen LogP contribution is 2.32. The molecular formula is C23H24N4O3. The zero-order valence-electron chi connectivity index (χ0n) is 17.0. The highest BCUT2D eigenvalue weighted by molar-refractivity contribution is 5.97. The van der Waals surface area contributed by atoms with Crippen LogP contribution in [0.5, 0.6) is 5.75 Å². The summed E-state index contributed by atoms with van der Waals surface area (Å²) in [6.07, 6.45) is 2.47. The first-order chi connectivity index (χ1) is 14.7. The molecule has 0 saturated carbocycles. The van der Waals surface area contributed by atoms with Gasteiger partial charge in [-0.3, -0.25) is 9.69 Å². The van der Waals surface area contributed by atoms with Gasteiger partial charge >= 0.3 is 0 Å². The predicted octanol–water partition coefficient (Wildman–Crippen LogP) is 3.90. The molecule has 0 bridgehead atoms. The lowest BCUT2D eigenvalue weighted by Crippen LogP contribution is -2.38. The summed E-state index contributed by atoms with van der Waals surface area (Å²) in [7, 11) is 0. The molecule has 7 heteroatoms. The molecule has 0 spiro atoms. The summed E-state index contributed by atoms with van der Waals surface area (Å²) in [5.74, 6) is 2.28. The molecule has 3 aromatic rings. The van der Waals surface area contributed by atoms with E-state index < -0.39 is 0 Å². The lowest BCUT2D eigenvalue weighted by molar-refractivity contribution is -0.121. The van der Waals surface area contributed by atoms with Crippen LogP contribution in [0.2, 0.25) is 0 Å². The van der Waals surface area contributed by atoms with E-state index in [-0.39, 0.29) is 19.1 Å². The Morgan fingerprint density at radius 1 is 1.07 bits per heavy atom. The number of anilines is 2. The molecule has 154 valence electrons. The minimum Gasteiger partial charge on any atom is -0.482 e.